The van der Waals surface area contributed by atoms with Crippen molar-refractivity contribution in [2.24, 2.45) is 0 Å². The molecule has 26 heavy (non-hydrogen) atoms. The number of nitrogens with zero attached hydrogens (tertiary/aromatic N) is 1. The van der Waals surface area contributed by atoms with Gasteiger partial charge in [0, 0.05) is 13.1 Å². The van der Waals surface area contributed by atoms with E-state index in [2.05, 4.69) is 0 Å². The molecular formula is C18H21NO5S2. The van der Waals surface area contributed by atoms with E-state index >= 15 is 0 Å². The van der Waals surface area contributed by atoms with Crippen LogP contribution in [0, 0.1) is 0 Å². The molecule has 1 unspecified atom stereocenters. The maximum atomic E-state index is 12.9. The first-order chi connectivity index (χ1) is 12.3. The van der Waals surface area contributed by atoms with E-state index in [1.807, 2.05) is 6.07 Å². The lowest BCUT2D eigenvalue weighted by Gasteiger charge is -2.20. The molecule has 140 valence electrons. The van der Waals surface area contributed by atoms with Crippen LogP contribution in [0.25, 0.3) is 0 Å². The van der Waals surface area contributed by atoms with Crippen LogP contribution >= 0.6 is 0 Å². The Labute approximate surface area is 154 Å². The maximum Gasteiger partial charge on any atom is 0.243 e. The van der Waals surface area contributed by atoms with Gasteiger partial charge in [0.2, 0.25) is 10.0 Å². The van der Waals surface area contributed by atoms with E-state index in [0.29, 0.717) is 11.3 Å². The van der Waals surface area contributed by atoms with Gasteiger partial charge in [-0.1, -0.05) is 30.3 Å². The zero-order chi connectivity index (χ0) is 18.8. The van der Waals surface area contributed by atoms with E-state index < -0.39 is 25.1 Å². The number of benzene rings is 2. The molecular weight excluding hydrogens is 374 g/mol. The van der Waals surface area contributed by atoms with Crippen molar-refractivity contribution >= 4 is 19.9 Å². The normalized spacial score (nSPS) is 21.0. The summed E-state index contributed by atoms with van der Waals surface area (Å²) in [5, 5.41) is -0.681. The SMILES string of the molecule is COc1ccc(S(=O)(=O)N2CCC(c3ccccc3)S(=O)(=O)CC2)cc1. The van der Waals surface area contributed by atoms with Crippen molar-refractivity contribution in [3.05, 3.63) is 60.2 Å². The smallest absolute Gasteiger partial charge is 0.243 e. The molecule has 0 aromatic heterocycles. The summed E-state index contributed by atoms with van der Waals surface area (Å²) in [5.74, 6) is 0.369. The minimum Gasteiger partial charge on any atom is -0.497 e. The first kappa shape index (κ1) is 18.9. The fourth-order valence-electron chi connectivity index (χ4n) is 3.10. The molecule has 1 aliphatic rings. The number of sulfonamides is 1. The Hall–Kier alpha value is -1.90. The van der Waals surface area contributed by atoms with Crippen LogP contribution in [-0.2, 0) is 19.9 Å². The van der Waals surface area contributed by atoms with Gasteiger partial charge >= 0.3 is 0 Å². The zero-order valence-corrected chi connectivity index (χ0v) is 16.0. The highest BCUT2D eigenvalue weighted by Crippen LogP contribution is 2.31. The molecule has 1 atom stereocenters. The predicted molar refractivity (Wildman–Crippen MR) is 99.3 cm³/mol. The molecule has 0 bridgehead atoms. The van der Waals surface area contributed by atoms with Crippen LogP contribution < -0.4 is 4.74 Å². The van der Waals surface area contributed by atoms with Gasteiger partial charge in [-0.3, -0.25) is 0 Å². The lowest BCUT2D eigenvalue weighted by atomic mass is 10.1. The van der Waals surface area contributed by atoms with Crippen LogP contribution in [0.2, 0.25) is 0 Å². The van der Waals surface area contributed by atoms with Crippen LogP contribution in [0.3, 0.4) is 0 Å². The molecule has 0 N–H and O–H groups in total. The molecule has 0 amide bonds. The molecule has 1 aliphatic heterocycles. The van der Waals surface area contributed by atoms with E-state index in [0.717, 1.165) is 0 Å². The summed E-state index contributed by atoms with van der Waals surface area (Å²) >= 11 is 0. The van der Waals surface area contributed by atoms with Crippen molar-refractivity contribution in [1.29, 1.82) is 0 Å². The number of rotatable bonds is 4. The van der Waals surface area contributed by atoms with E-state index in [-0.39, 0.29) is 30.2 Å². The van der Waals surface area contributed by atoms with Crippen molar-refractivity contribution in [2.75, 3.05) is 26.0 Å². The molecule has 2 aromatic rings. The molecule has 0 aliphatic carbocycles. The van der Waals surface area contributed by atoms with Gasteiger partial charge in [0.05, 0.1) is 23.0 Å². The third-order valence-corrected chi connectivity index (χ3v) is 8.61. The Kier molecular flexibility index (Phi) is 5.36. The fraction of sp³-hybridized carbons (Fsp3) is 0.333. The second kappa shape index (κ2) is 7.38. The zero-order valence-electron chi connectivity index (χ0n) is 14.4. The summed E-state index contributed by atoms with van der Waals surface area (Å²) in [6.07, 6.45) is 0.238. The molecule has 0 spiro atoms. The van der Waals surface area contributed by atoms with Crippen molar-refractivity contribution in [1.82, 2.24) is 4.31 Å². The van der Waals surface area contributed by atoms with Crippen LogP contribution in [0.1, 0.15) is 17.2 Å². The average molecular weight is 396 g/mol. The quantitative estimate of drug-likeness (QED) is 0.793. The Morgan fingerprint density at radius 1 is 1.00 bits per heavy atom. The molecule has 1 saturated heterocycles. The second-order valence-corrected chi connectivity index (χ2v) is 10.4. The monoisotopic (exact) mass is 395 g/mol. The third kappa shape index (κ3) is 3.77. The Morgan fingerprint density at radius 2 is 1.65 bits per heavy atom. The van der Waals surface area contributed by atoms with Gasteiger partial charge in [0.1, 0.15) is 5.75 Å². The van der Waals surface area contributed by atoms with Crippen molar-refractivity contribution in [2.45, 2.75) is 16.6 Å². The number of methoxy groups -OCH3 is 1. The standard InChI is InChI=1S/C18H21NO5S2/c1-24-16-7-9-17(10-8-16)26(22,23)19-12-11-18(25(20,21)14-13-19)15-5-3-2-4-6-15/h2-10,18H,11-14H2,1H3. The summed E-state index contributed by atoms with van der Waals surface area (Å²) in [5.41, 5.74) is 0.705. The number of hydrogen-bond acceptors (Lipinski definition) is 5. The summed E-state index contributed by atoms with van der Waals surface area (Å²) in [7, 11) is -5.67. The molecule has 1 heterocycles. The van der Waals surface area contributed by atoms with Gasteiger partial charge in [-0.2, -0.15) is 4.31 Å². The van der Waals surface area contributed by atoms with E-state index in [1.54, 1.807) is 36.4 Å². The molecule has 0 saturated carbocycles. The third-order valence-electron chi connectivity index (χ3n) is 4.57. The Morgan fingerprint density at radius 3 is 2.27 bits per heavy atom. The first-order valence-electron chi connectivity index (χ1n) is 8.25. The summed E-state index contributed by atoms with van der Waals surface area (Å²) < 4.78 is 57.4. The summed E-state index contributed by atoms with van der Waals surface area (Å²) in [6.45, 7) is 0.118. The van der Waals surface area contributed by atoms with Gasteiger partial charge in [0.15, 0.2) is 9.84 Å². The van der Waals surface area contributed by atoms with Crippen LogP contribution in [-0.4, -0.2) is 47.1 Å². The van der Waals surface area contributed by atoms with Crippen LogP contribution in [0.15, 0.2) is 59.5 Å². The molecule has 8 heteroatoms. The van der Waals surface area contributed by atoms with Crippen LogP contribution in [0.4, 0.5) is 0 Å². The fourth-order valence-corrected chi connectivity index (χ4v) is 6.47. The largest absolute Gasteiger partial charge is 0.497 e. The number of ether oxygens (including phenoxy) is 1. The number of sulfone groups is 1. The van der Waals surface area contributed by atoms with E-state index in [4.69, 9.17) is 4.74 Å². The Bertz CT molecular complexity index is 954. The highest BCUT2D eigenvalue weighted by Gasteiger charge is 2.35. The molecule has 3 rings (SSSR count). The topological polar surface area (TPSA) is 80.8 Å². The molecule has 2 aromatic carbocycles. The second-order valence-electron chi connectivity index (χ2n) is 6.13. The average Bonchev–Trinajstić information content (AvgIpc) is 2.81. The van der Waals surface area contributed by atoms with Crippen molar-refractivity contribution in [3.63, 3.8) is 0 Å². The van der Waals surface area contributed by atoms with Gasteiger partial charge in [-0.15, -0.1) is 0 Å². The van der Waals surface area contributed by atoms with Gasteiger partial charge < -0.3 is 4.74 Å². The highest BCUT2D eigenvalue weighted by molar-refractivity contribution is 7.92. The minimum atomic E-state index is -3.75. The minimum absolute atomic E-state index is 0.0416. The molecule has 1 fully saturated rings. The van der Waals surface area contributed by atoms with Gasteiger partial charge in [-0.25, -0.2) is 16.8 Å². The lowest BCUT2D eigenvalue weighted by Crippen LogP contribution is -2.33. The predicted octanol–water partition coefficient (Wildman–Crippen LogP) is 2.25. The van der Waals surface area contributed by atoms with Gasteiger partial charge in [-0.05, 0) is 36.2 Å². The lowest BCUT2D eigenvalue weighted by molar-refractivity contribution is 0.413. The highest BCUT2D eigenvalue weighted by atomic mass is 32.2. The summed E-state index contributed by atoms with van der Waals surface area (Å²) in [6, 6.07) is 15.1. The van der Waals surface area contributed by atoms with E-state index in [1.165, 1.54) is 23.5 Å². The van der Waals surface area contributed by atoms with Crippen molar-refractivity contribution < 1.29 is 21.6 Å². The van der Waals surface area contributed by atoms with Crippen molar-refractivity contribution in [3.8, 4) is 5.75 Å². The number of hydrogen-bond donors (Lipinski definition) is 0. The first-order valence-corrected chi connectivity index (χ1v) is 11.4. The molecule has 0 radical (unpaired) electrons. The van der Waals surface area contributed by atoms with Gasteiger partial charge in [0.25, 0.3) is 0 Å². The van der Waals surface area contributed by atoms with E-state index in [9.17, 15) is 16.8 Å². The maximum absolute atomic E-state index is 12.9. The van der Waals surface area contributed by atoms with Crippen LogP contribution in [0.5, 0.6) is 5.75 Å². The summed E-state index contributed by atoms with van der Waals surface area (Å²) in [4.78, 5) is 0.133. The molecule has 6 nitrogen and oxygen atoms in total. The Balaban J connectivity index is 1.87.